The quantitative estimate of drug-likeness (QED) is 0.240. The molecular weight excluding hydrogens is 196 g/mol. The first-order valence-corrected chi connectivity index (χ1v) is 0.565. The monoisotopic (exact) mass is 201 g/mol. The van der Waals surface area contributed by atoms with E-state index in [1.807, 2.05) is 0 Å². The summed E-state index contributed by atoms with van der Waals surface area (Å²) in [6.07, 6.45) is 0. The van der Waals surface area contributed by atoms with Crippen molar-refractivity contribution in [3.8, 4) is 0 Å². The molecule has 9 heteroatoms. The van der Waals surface area contributed by atoms with Gasteiger partial charge in [-0.05, 0) is 0 Å². The Bertz CT molecular complexity index is 39.9. The molecule has 0 aliphatic rings. The zero-order valence-corrected chi connectivity index (χ0v) is 9.79. The van der Waals surface area contributed by atoms with E-state index in [1.54, 1.807) is 0 Å². The Balaban J connectivity index is -0.00000000450. The van der Waals surface area contributed by atoms with Gasteiger partial charge in [0.1, 0.15) is 0 Å². The van der Waals surface area contributed by atoms with Gasteiger partial charge in [-0.1, -0.05) is 0 Å². The molecule has 0 bridgehead atoms. The second kappa shape index (κ2) is 33.6. The zero-order valence-electron chi connectivity index (χ0n) is 4.70. The summed E-state index contributed by atoms with van der Waals surface area (Å²) < 4.78 is 0. The van der Waals surface area contributed by atoms with E-state index in [-0.39, 0.29) is 92.1 Å². The van der Waals surface area contributed by atoms with Gasteiger partial charge < -0.3 is 16.2 Å². The molecule has 0 unspecified atom stereocenters. The molecule has 0 saturated carbocycles. The molecule has 0 fully saturated rings. The number of nitrogens with zero attached hydrogens (tertiary/aromatic N) is 1. The average molecular weight is 202 g/mol. The third kappa shape index (κ3) is 221. The predicted octanol–water partition coefficient (Wildman–Crippen LogP) is -4.95. The number of hydrogen-bond donors (Lipinski definition) is 1. The fourth-order valence-electron chi connectivity index (χ4n) is 0. The van der Waals surface area contributed by atoms with Gasteiger partial charge in [-0.3, -0.25) is 0 Å². The van der Waals surface area contributed by atoms with Crippen LogP contribution in [0, 0.1) is 10.1 Å². The van der Waals surface area contributed by atoms with Crippen LogP contribution in [0.25, 0.3) is 0 Å². The summed E-state index contributed by atoms with van der Waals surface area (Å²) in [5.74, 6) is 0. The van der Waals surface area contributed by atoms with Crippen LogP contribution in [0.5, 0.6) is 0 Å². The topological polar surface area (TPSA) is 126 Å². The minimum atomic E-state index is -1.50. The van der Waals surface area contributed by atoms with E-state index in [4.69, 9.17) is 15.3 Å². The van der Waals surface area contributed by atoms with Crippen molar-refractivity contribution in [2.75, 3.05) is 0 Å². The first-order valence-electron chi connectivity index (χ1n) is 0.565. The smallest absolute Gasteiger partial charge is 0.412 e. The van der Waals surface area contributed by atoms with Gasteiger partial charge >= 0.3 is 68.7 Å². The van der Waals surface area contributed by atoms with E-state index in [0.717, 1.165) is 0 Å². The maximum Gasteiger partial charge on any atom is 3.00 e. The minimum absolute atomic E-state index is 0. The van der Waals surface area contributed by atoms with E-state index in [1.165, 1.54) is 0 Å². The van der Waals surface area contributed by atoms with E-state index in [9.17, 15) is 0 Å². The fourth-order valence-corrected chi connectivity index (χ4v) is 0. The Morgan fingerprint density at radius 3 is 1.33 bits per heavy atom. The summed E-state index contributed by atoms with van der Waals surface area (Å²) in [5.41, 5.74) is 0. The molecule has 0 heterocycles. The molecule has 0 saturated heterocycles. The first kappa shape index (κ1) is 46.3. The summed E-state index contributed by atoms with van der Waals surface area (Å²) in [6, 6.07) is 0. The summed E-state index contributed by atoms with van der Waals surface area (Å²) in [4.78, 5) is 8.36. The molecule has 0 radical (unpaired) electrons. The van der Waals surface area contributed by atoms with Crippen molar-refractivity contribution in [2.45, 2.75) is 0 Å². The van der Waals surface area contributed by atoms with Crippen molar-refractivity contribution in [3.05, 3.63) is 10.1 Å². The van der Waals surface area contributed by atoms with Crippen molar-refractivity contribution in [1.82, 2.24) is 0 Å². The Morgan fingerprint density at radius 2 is 1.33 bits per heavy atom. The minimum Gasteiger partial charge on any atom is -0.412 e. The average Bonchev–Trinajstić information content (AvgIpc) is 0.811. The Morgan fingerprint density at radius 1 is 1.33 bits per heavy atom. The van der Waals surface area contributed by atoms with E-state index in [2.05, 4.69) is 0 Å². The van der Waals surface area contributed by atoms with Crippen LogP contribution in [0.2, 0.25) is 0 Å². The van der Waals surface area contributed by atoms with Gasteiger partial charge in [0.2, 0.25) is 0 Å². The Kier molecular flexibility index (Phi) is 173. The van der Waals surface area contributed by atoms with Crippen LogP contribution < -0.4 is 51.4 Å². The molecule has 0 spiro atoms. The maximum atomic E-state index is 8.36. The van der Waals surface area contributed by atoms with Crippen molar-refractivity contribution in [3.63, 3.8) is 0 Å². The van der Waals surface area contributed by atoms with Crippen LogP contribution in [0.15, 0.2) is 0 Å². The molecule has 48 valence electrons. The molecule has 0 atom stereocenters. The maximum absolute atomic E-state index is 8.36. The van der Waals surface area contributed by atoms with Gasteiger partial charge in [0, 0.05) is 0 Å². The molecule has 0 amide bonds. The third-order valence-corrected chi connectivity index (χ3v) is 0. The molecule has 0 aromatic heterocycles. The van der Waals surface area contributed by atoms with E-state index < -0.39 is 5.09 Å². The van der Waals surface area contributed by atoms with Gasteiger partial charge in [-0.25, -0.2) is 0 Å². The second-order valence-electron chi connectivity index (χ2n) is 0.238. The van der Waals surface area contributed by atoms with Gasteiger partial charge in [-0.15, -0.1) is 22.5 Å². The second-order valence-corrected chi connectivity index (χ2v) is 0.238. The predicted molar refractivity (Wildman–Crippen MR) is 29.0 cm³/mol. The van der Waals surface area contributed by atoms with Crippen LogP contribution in [0.4, 0.5) is 0 Å². The van der Waals surface area contributed by atoms with Crippen molar-refractivity contribution in [2.24, 2.45) is 0 Å². The Labute approximate surface area is 111 Å². The molecule has 5 N–H and O–H groups in total. The van der Waals surface area contributed by atoms with Gasteiger partial charge in [0.05, 0.1) is 0 Å². The molecule has 0 rings (SSSR count). The summed E-state index contributed by atoms with van der Waals surface area (Å²) in [7, 11) is 0. The SMILES string of the molecule is Cl.O.O.O=[N+]([O-])O.[Al+3].[K+]. The molecule has 0 aliphatic heterocycles. The zero-order chi connectivity index (χ0) is 3.58. The van der Waals surface area contributed by atoms with Crippen LogP contribution in [0.1, 0.15) is 0 Å². The third-order valence-electron chi connectivity index (χ3n) is 0. The molecule has 0 aromatic carbocycles. The van der Waals surface area contributed by atoms with E-state index >= 15 is 0 Å². The largest absolute Gasteiger partial charge is 3.00 e. The standard InChI is InChI=1S/Al.ClH.K.HNO3.2H2O/c;;;2-1(3)4;;/h;1H;;(H,2,3,4);2*1H2/q+3;;+1;;;. The molecular formula is H6AlClKNO5+4. The van der Waals surface area contributed by atoms with Crippen molar-refractivity contribution < 1.29 is 72.6 Å². The van der Waals surface area contributed by atoms with Crippen LogP contribution in [-0.2, 0) is 0 Å². The number of rotatable bonds is 0. The summed E-state index contributed by atoms with van der Waals surface area (Å²) in [6.45, 7) is 0. The van der Waals surface area contributed by atoms with Gasteiger partial charge in [0.15, 0.2) is 0 Å². The van der Waals surface area contributed by atoms with Gasteiger partial charge in [-0.2, -0.15) is 0 Å². The van der Waals surface area contributed by atoms with Crippen LogP contribution >= 0.6 is 12.4 Å². The Hall–Kier alpha value is 1.58. The first-order chi connectivity index (χ1) is 1.73. The molecule has 6 nitrogen and oxygen atoms in total. The number of hydrogen-bond acceptors (Lipinski definition) is 2. The normalized spacial score (nSPS) is 2.67. The van der Waals surface area contributed by atoms with Crippen LogP contribution in [0.3, 0.4) is 0 Å². The van der Waals surface area contributed by atoms with Crippen LogP contribution in [-0.4, -0.2) is 38.6 Å². The van der Waals surface area contributed by atoms with E-state index in [0.29, 0.717) is 0 Å². The number of halogens is 1. The summed E-state index contributed by atoms with van der Waals surface area (Å²) >= 11 is 0. The molecule has 9 heavy (non-hydrogen) atoms. The molecule has 0 aliphatic carbocycles. The summed E-state index contributed by atoms with van der Waals surface area (Å²) in [5, 5.41) is 13.6. The molecule has 0 aromatic rings. The van der Waals surface area contributed by atoms with Crippen molar-refractivity contribution in [1.29, 1.82) is 0 Å². The fraction of sp³-hybridized carbons (Fsp3) is 0. The van der Waals surface area contributed by atoms with Crippen molar-refractivity contribution >= 4 is 29.8 Å². The van der Waals surface area contributed by atoms with Gasteiger partial charge in [0.25, 0.3) is 5.09 Å².